The van der Waals surface area contributed by atoms with Crippen molar-refractivity contribution in [3.63, 3.8) is 0 Å². The molecule has 0 saturated carbocycles. The third-order valence-electron chi connectivity index (χ3n) is 6.37. The van der Waals surface area contributed by atoms with Crippen molar-refractivity contribution in [2.45, 2.75) is 37.6 Å². The van der Waals surface area contributed by atoms with E-state index in [1.54, 1.807) is 18.4 Å². The standard InChI is InChI=1S/C25H33N3O5S/c1-31-10-11-32-12-13-33-16-23(29)28-8-6-18(7-9-28)25-27-22(17-34-25)24(30)26-21-14-19-4-2-3-5-20(19)15-21/h2-5,17-18,21H,6-16H2,1H3,(H,26,30). The molecule has 2 aliphatic rings. The minimum Gasteiger partial charge on any atom is -0.382 e. The lowest BCUT2D eigenvalue weighted by Gasteiger charge is -2.31. The number of benzene rings is 1. The van der Waals surface area contributed by atoms with E-state index in [4.69, 9.17) is 14.2 Å². The molecule has 2 heterocycles. The fourth-order valence-corrected chi connectivity index (χ4v) is 5.46. The molecule has 1 aromatic heterocycles. The van der Waals surface area contributed by atoms with Crippen LogP contribution in [0.15, 0.2) is 29.6 Å². The summed E-state index contributed by atoms with van der Waals surface area (Å²) in [5.74, 6) is 0.185. The predicted octanol–water partition coefficient (Wildman–Crippen LogP) is 2.43. The maximum atomic E-state index is 12.7. The summed E-state index contributed by atoms with van der Waals surface area (Å²) in [6.07, 6.45) is 3.43. The summed E-state index contributed by atoms with van der Waals surface area (Å²) in [7, 11) is 1.63. The van der Waals surface area contributed by atoms with Crippen molar-refractivity contribution in [2.75, 3.05) is 53.2 Å². The first-order valence-corrected chi connectivity index (χ1v) is 12.8. The fourth-order valence-electron chi connectivity index (χ4n) is 4.49. The minimum atomic E-state index is -0.101. The number of hydrogen-bond donors (Lipinski definition) is 1. The Morgan fingerprint density at radius 3 is 2.44 bits per heavy atom. The summed E-state index contributed by atoms with van der Waals surface area (Å²) in [4.78, 5) is 31.6. The number of methoxy groups -OCH3 is 1. The molecule has 1 saturated heterocycles. The lowest BCUT2D eigenvalue weighted by Crippen LogP contribution is -2.40. The van der Waals surface area contributed by atoms with E-state index >= 15 is 0 Å². The topological polar surface area (TPSA) is 90.0 Å². The van der Waals surface area contributed by atoms with E-state index in [9.17, 15) is 9.59 Å². The monoisotopic (exact) mass is 487 g/mol. The number of amides is 2. The molecular weight excluding hydrogens is 454 g/mol. The van der Waals surface area contributed by atoms with Gasteiger partial charge in [0.25, 0.3) is 5.91 Å². The molecule has 9 heteroatoms. The third kappa shape index (κ3) is 6.63. The maximum absolute atomic E-state index is 12.7. The van der Waals surface area contributed by atoms with Crippen LogP contribution in [0.1, 0.15) is 45.4 Å². The van der Waals surface area contributed by atoms with Crippen LogP contribution < -0.4 is 5.32 Å². The molecule has 0 unspecified atom stereocenters. The van der Waals surface area contributed by atoms with Gasteiger partial charge in [0.15, 0.2) is 0 Å². The van der Waals surface area contributed by atoms with Crippen molar-refractivity contribution in [1.82, 2.24) is 15.2 Å². The molecule has 1 aliphatic heterocycles. The molecule has 8 nitrogen and oxygen atoms in total. The van der Waals surface area contributed by atoms with Crippen molar-refractivity contribution in [2.24, 2.45) is 0 Å². The zero-order chi connectivity index (χ0) is 23.8. The van der Waals surface area contributed by atoms with Gasteiger partial charge < -0.3 is 24.4 Å². The Kier molecular flexibility index (Phi) is 9.04. The highest BCUT2D eigenvalue weighted by Gasteiger charge is 2.27. The summed E-state index contributed by atoms with van der Waals surface area (Å²) >= 11 is 1.54. The van der Waals surface area contributed by atoms with Gasteiger partial charge in [-0.05, 0) is 36.8 Å². The summed E-state index contributed by atoms with van der Waals surface area (Å²) in [6, 6.07) is 8.48. The van der Waals surface area contributed by atoms with E-state index in [0.717, 1.165) is 30.7 Å². The molecule has 0 radical (unpaired) electrons. The van der Waals surface area contributed by atoms with Gasteiger partial charge in [-0.3, -0.25) is 9.59 Å². The third-order valence-corrected chi connectivity index (χ3v) is 7.37. The lowest BCUT2D eigenvalue weighted by atomic mass is 9.97. The molecule has 0 spiro atoms. The summed E-state index contributed by atoms with van der Waals surface area (Å²) < 4.78 is 15.7. The quantitative estimate of drug-likeness (QED) is 0.490. The van der Waals surface area contributed by atoms with E-state index in [1.807, 2.05) is 22.4 Å². The van der Waals surface area contributed by atoms with E-state index < -0.39 is 0 Å². The second kappa shape index (κ2) is 12.4. The molecule has 34 heavy (non-hydrogen) atoms. The Morgan fingerprint density at radius 1 is 1.06 bits per heavy atom. The van der Waals surface area contributed by atoms with Gasteiger partial charge in [0, 0.05) is 37.5 Å². The molecule has 0 bridgehead atoms. The highest BCUT2D eigenvalue weighted by Crippen LogP contribution is 2.30. The van der Waals surface area contributed by atoms with Gasteiger partial charge in [-0.2, -0.15) is 0 Å². The number of nitrogens with zero attached hydrogens (tertiary/aromatic N) is 2. The van der Waals surface area contributed by atoms with Crippen LogP contribution in [0.2, 0.25) is 0 Å². The van der Waals surface area contributed by atoms with Gasteiger partial charge in [0.2, 0.25) is 5.91 Å². The smallest absolute Gasteiger partial charge is 0.270 e. The largest absolute Gasteiger partial charge is 0.382 e. The van der Waals surface area contributed by atoms with Gasteiger partial charge in [0.1, 0.15) is 12.3 Å². The van der Waals surface area contributed by atoms with Gasteiger partial charge in [-0.25, -0.2) is 4.98 Å². The van der Waals surface area contributed by atoms with Crippen LogP contribution in [-0.2, 0) is 31.8 Å². The van der Waals surface area contributed by atoms with E-state index in [-0.39, 0.29) is 30.4 Å². The Labute approximate surface area is 204 Å². The van der Waals surface area contributed by atoms with Crippen molar-refractivity contribution >= 4 is 23.2 Å². The molecule has 2 amide bonds. The Hall–Kier alpha value is -2.33. The van der Waals surface area contributed by atoms with Crippen molar-refractivity contribution < 1.29 is 23.8 Å². The summed E-state index contributed by atoms with van der Waals surface area (Å²) in [6.45, 7) is 3.35. The van der Waals surface area contributed by atoms with Gasteiger partial charge in [-0.15, -0.1) is 11.3 Å². The number of ether oxygens (including phenoxy) is 3. The molecule has 1 aliphatic carbocycles. The number of fused-ring (bicyclic) bond motifs is 1. The molecule has 1 N–H and O–H groups in total. The van der Waals surface area contributed by atoms with Gasteiger partial charge in [0.05, 0.1) is 31.4 Å². The van der Waals surface area contributed by atoms with Crippen molar-refractivity contribution in [3.8, 4) is 0 Å². The van der Waals surface area contributed by atoms with Crippen LogP contribution >= 0.6 is 11.3 Å². The van der Waals surface area contributed by atoms with E-state index in [0.29, 0.717) is 45.2 Å². The minimum absolute atomic E-state index is 0.00658. The molecule has 0 atom stereocenters. The zero-order valence-electron chi connectivity index (χ0n) is 19.7. The molecular formula is C25H33N3O5S. The summed E-state index contributed by atoms with van der Waals surface area (Å²) in [5, 5.41) is 5.98. The zero-order valence-corrected chi connectivity index (χ0v) is 20.5. The first-order valence-electron chi connectivity index (χ1n) is 11.9. The summed E-state index contributed by atoms with van der Waals surface area (Å²) in [5.41, 5.74) is 3.12. The highest BCUT2D eigenvalue weighted by molar-refractivity contribution is 7.09. The number of hydrogen-bond acceptors (Lipinski definition) is 7. The number of nitrogens with one attached hydrogen (secondary N) is 1. The van der Waals surface area contributed by atoms with Gasteiger partial charge in [-0.1, -0.05) is 24.3 Å². The maximum Gasteiger partial charge on any atom is 0.270 e. The number of thiazole rings is 1. The Balaban J connectivity index is 1.17. The van der Waals surface area contributed by atoms with Crippen LogP contribution in [0.5, 0.6) is 0 Å². The van der Waals surface area contributed by atoms with Crippen LogP contribution in [0, 0.1) is 0 Å². The second-order valence-corrected chi connectivity index (χ2v) is 9.62. The average Bonchev–Trinajstić information content (AvgIpc) is 3.50. The van der Waals surface area contributed by atoms with Crippen LogP contribution in [0.4, 0.5) is 0 Å². The van der Waals surface area contributed by atoms with E-state index in [2.05, 4.69) is 22.4 Å². The van der Waals surface area contributed by atoms with Crippen LogP contribution in [-0.4, -0.2) is 81.0 Å². The van der Waals surface area contributed by atoms with Crippen LogP contribution in [0.25, 0.3) is 0 Å². The van der Waals surface area contributed by atoms with Gasteiger partial charge >= 0.3 is 0 Å². The molecule has 4 rings (SSSR count). The fraction of sp³-hybridized carbons (Fsp3) is 0.560. The molecule has 1 fully saturated rings. The first kappa shape index (κ1) is 24.8. The number of rotatable bonds is 11. The number of carbonyl (C=O) groups is 2. The highest BCUT2D eigenvalue weighted by atomic mass is 32.1. The number of likely N-dealkylation sites (tertiary alicyclic amines) is 1. The number of carbonyl (C=O) groups excluding carboxylic acids is 2. The molecule has 2 aromatic rings. The van der Waals surface area contributed by atoms with Crippen molar-refractivity contribution in [3.05, 3.63) is 51.5 Å². The first-order chi connectivity index (χ1) is 16.6. The number of aromatic nitrogens is 1. The Bertz CT molecular complexity index is 933. The Morgan fingerprint density at radius 2 is 1.74 bits per heavy atom. The normalized spacial score (nSPS) is 16.6. The van der Waals surface area contributed by atoms with Crippen molar-refractivity contribution in [1.29, 1.82) is 0 Å². The van der Waals surface area contributed by atoms with E-state index in [1.165, 1.54) is 11.1 Å². The molecule has 184 valence electrons. The number of piperidine rings is 1. The lowest BCUT2D eigenvalue weighted by molar-refractivity contribution is -0.137. The molecule has 1 aromatic carbocycles. The predicted molar refractivity (Wildman–Crippen MR) is 129 cm³/mol. The van der Waals surface area contributed by atoms with Crippen LogP contribution in [0.3, 0.4) is 0 Å². The average molecular weight is 488 g/mol. The second-order valence-electron chi connectivity index (χ2n) is 8.73. The SMILES string of the molecule is COCCOCCOCC(=O)N1CCC(c2nc(C(=O)NC3Cc4ccccc4C3)cs2)CC1.